The number of hydrogen-bond donors (Lipinski definition) is 0. The number of halogens is 1. The van der Waals surface area contributed by atoms with Crippen molar-refractivity contribution in [1.82, 2.24) is 14.8 Å². The SMILES string of the molecule is Cc1cc(OC[C@@]2(CC(=O)N3CCOCC3)CN(C(=O)CCCc3ccncc3)CCO2)ccc1Cl. The molecular weight excluding hydrogens is 482 g/mol. The summed E-state index contributed by atoms with van der Waals surface area (Å²) in [7, 11) is 0. The van der Waals surface area contributed by atoms with E-state index in [1.165, 1.54) is 0 Å². The van der Waals surface area contributed by atoms with Gasteiger partial charge in [-0.3, -0.25) is 14.6 Å². The molecule has 0 N–H and O–H groups in total. The minimum atomic E-state index is -0.929. The van der Waals surface area contributed by atoms with E-state index >= 15 is 0 Å². The van der Waals surface area contributed by atoms with Gasteiger partial charge in [-0.15, -0.1) is 0 Å². The molecule has 0 bridgehead atoms. The Morgan fingerprint density at radius 3 is 2.56 bits per heavy atom. The smallest absolute Gasteiger partial charge is 0.225 e. The van der Waals surface area contributed by atoms with Gasteiger partial charge in [0.05, 0.1) is 32.8 Å². The van der Waals surface area contributed by atoms with Gasteiger partial charge in [0.15, 0.2) is 0 Å². The Bertz CT molecular complexity index is 1030. The number of carbonyl (C=O) groups excluding carboxylic acids is 2. The number of pyridine rings is 1. The molecular formula is C27H34ClN3O5. The molecule has 2 aromatic rings. The van der Waals surface area contributed by atoms with Crippen LogP contribution in [0.15, 0.2) is 42.7 Å². The fraction of sp³-hybridized carbons (Fsp3) is 0.519. The summed E-state index contributed by atoms with van der Waals surface area (Å²) >= 11 is 6.16. The number of aromatic nitrogens is 1. The van der Waals surface area contributed by atoms with Gasteiger partial charge in [0.25, 0.3) is 0 Å². The molecule has 9 heteroatoms. The predicted octanol–water partition coefficient (Wildman–Crippen LogP) is 3.29. The largest absolute Gasteiger partial charge is 0.490 e. The highest BCUT2D eigenvalue weighted by Gasteiger charge is 2.42. The second-order valence-corrected chi connectivity index (χ2v) is 9.83. The lowest BCUT2D eigenvalue weighted by atomic mass is 9.96. The molecule has 0 unspecified atom stereocenters. The highest BCUT2D eigenvalue weighted by atomic mass is 35.5. The van der Waals surface area contributed by atoms with E-state index in [0.717, 1.165) is 24.0 Å². The van der Waals surface area contributed by atoms with Gasteiger partial charge in [0.1, 0.15) is 18.0 Å². The first-order valence-electron chi connectivity index (χ1n) is 12.5. The highest BCUT2D eigenvalue weighted by molar-refractivity contribution is 6.31. The van der Waals surface area contributed by atoms with Crippen LogP contribution in [-0.4, -0.2) is 84.8 Å². The molecule has 2 fully saturated rings. The fourth-order valence-corrected chi connectivity index (χ4v) is 4.69. The molecule has 0 saturated carbocycles. The van der Waals surface area contributed by atoms with Crippen LogP contribution in [0.1, 0.15) is 30.4 Å². The van der Waals surface area contributed by atoms with Crippen molar-refractivity contribution >= 4 is 23.4 Å². The summed E-state index contributed by atoms with van der Waals surface area (Å²) in [4.78, 5) is 34.0. The van der Waals surface area contributed by atoms with Crippen LogP contribution in [-0.2, 0) is 25.5 Å². The van der Waals surface area contributed by atoms with Crippen LogP contribution in [0.2, 0.25) is 5.02 Å². The van der Waals surface area contributed by atoms with Crippen LogP contribution in [0.3, 0.4) is 0 Å². The van der Waals surface area contributed by atoms with Gasteiger partial charge < -0.3 is 24.0 Å². The Hall–Kier alpha value is -2.68. The zero-order valence-corrected chi connectivity index (χ0v) is 21.5. The van der Waals surface area contributed by atoms with E-state index in [-0.39, 0.29) is 24.8 Å². The molecule has 2 amide bonds. The monoisotopic (exact) mass is 515 g/mol. The molecule has 4 rings (SSSR count). The van der Waals surface area contributed by atoms with Gasteiger partial charge in [0.2, 0.25) is 11.8 Å². The van der Waals surface area contributed by atoms with Gasteiger partial charge in [-0.2, -0.15) is 0 Å². The molecule has 2 saturated heterocycles. The molecule has 36 heavy (non-hydrogen) atoms. The van der Waals surface area contributed by atoms with E-state index < -0.39 is 5.60 Å². The van der Waals surface area contributed by atoms with E-state index in [4.69, 9.17) is 25.8 Å². The van der Waals surface area contributed by atoms with Crippen molar-refractivity contribution in [3.63, 3.8) is 0 Å². The molecule has 1 aromatic heterocycles. The summed E-state index contributed by atoms with van der Waals surface area (Å²) in [5.41, 5.74) is 1.14. The van der Waals surface area contributed by atoms with Gasteiger partial charge in [0, 0.05) is 43.5 Å². The zero-order valence-electron chi connectivity index (χ0n) is 20.8. The standard InChI is InChI=1S/C27H34ClN3O5/c1-21-17-23(5-6-24(21)28)35-20-27(18-26(33)30-11-14-34-15-12-30)19-31(13-16-36-27)25(32)4-2-3-22-7-9-29-10-8-22/h5-10,17H,2-4,11-16,18-20H2,1H3/t27-/m1/s1. The van der Waals surface area contributed by atoms with Crippen LogP contribution in [0, 0.1) is 6.92 Å². The van der Waals surface area contributed by atoms with Crippen molar-refractivity contribution in [3.8, 4) is 5.75 Å². The topological polar surface area (TPSA) is 81.2 Å². The number of benzene rings is 1. The van der Waals surface area contributed by atoms with Crippen molar-refractivity contribution < 1.29 is 23.8 Å². The van der Waals surface area contributed by atoms with Gasteiger partial charge in [-0.1, -0.05) is 11.6 Å². The number of amides is 2. The maximum absolute atomic E-state index is 13.2. The Balaban J connectivity index is 1.42. The third-order valence-electron chi connectivity index (χ3n) is 6.68. The zero-order chi connectivity index (χ0) is 25.4. The minimum Gasteiger partial charge on any atom is -0.490 e. The molecule has 1 aromatic carbocycles. The summed E-state index contributed by atoms with van der Waals surface area (Å²) in [5, 5.41) is 0.664. The number of aryl methyl sites for hydroxylation is 2. The molecule has 0 radical (unpaired) electrons. The lowest BCUT2D eigenvalue weighted by Crippen LogP contribution is -2.58. The molecule has 0 spiro atoms. The summed E-state index contributed by atoms with van der Waals surface area (Å²) in [6, 6.07) is 9.40. The highest BCUT2D eigenvalue weighted by Crippen LogP contribution is 2.28. The van der Waals surface area contributed by atoms with Gasteiger partial charge in [-0.25, -0.2) is 0 Å². The van der Waals surface area contributed by atoms with E-state index in [1.54, 1.807) is 29.4 Å². The van der Waals surface area contributed by atoms with E-state index in [1.807, 2.05) is 30.0 Å². The Kier molecular flexibility index (Phi) is 9.18. The van der Waals surface area contributed by atoms with Crippen LogP contribution >= 0.6 is 11.6 Å². The van der Waals surface area contributed by atoms with Crippen LogP contribution in [0.5, 0.6) is 5.75 Å². The maximum Gasteiger partial charge on any atom is 0.225 e. The van der Waals surface area contributed by atoms with Crippen molar-refractivity contribution in [3.05, 3.63) is 58.9 Å². The molecule has 0 aliphatic carbocycles. The maximum atomic E-state index is 13.2. The average molecular weight is 516 g/mol. The number of morpholine rings is 2. The summed E-state index contributed by atoms with van der Waals surface area (Å²) in [5.74, 6) is 0.707. The number of carbonyl (C=O) groups is 2. The van der Waals surface area contributed by atoms with Crippen molar-refractivity contribution in [2.45, 2.75) is 38.2 Å². The van der Waals surface area contributed by atoms with E-state index in [0.29, 0.717) is 63.2 Å². The van der Waals surface area contributed by atoms with Crippen LogP contribution in [0.25, 0.3) is 0 Å². The lowest BCUT2D eigenvalue weighted by molar-refractivity contribution is -0.167. The summed E-state index contributed by atoms with van der Waals surface area (Å²) in [6.07, 6.45) is 5.68. The number of hydrogen-bond acceptors (Lipinski definition) is 6. The first-order valence-corrected chi connectivity index (χ1v) is 12.9. The van der Waals surface area contributed by atoms with E-state index in [2.05, 4.69) is 4.98 Å². The Labute approximate surface area is 217 Å². The van der Waals surface area contributed by atoms with Crippen LogP contribution < -0.4 is 4.74 Å². The molecule has 3 heterocycles. The molecule has 2 aliphatic heterocycles. The summed E-state index contributed by atoms with van der Waals surface area (Å²) < 4.78 is 17.7. The Morgan fingerprint density at radius 1 is 1.06 bits per heavy atom. The second-order valence-electron chi connectivity index (χ2n) is 9.43. The third kappa shape index (κ3) is 7.18. The Morgan fingerprint density at radius 2 is 1.81 bits per heavy atom. The lowest BCUT2D eigenvalue weighted by Gasteiger charge is -2.43. The first-order chi connectivity index (χ1) is 17.4. The van der Waals surface area contributed by atoms with Gasteiger partial charge in [-0.05, 0) is 61.2 Å². The first kappa shape index (κ1) is 26.4. The normalized spacial score (nSPS) is 20.3. The van der Waals surface area contributed by atoms with Crippen molar-refractivity contribution in [2.75, 3.05) is 52.6 Å². The van der Waals surface area contributed by atoms with Crippen molar-refractivity contribution in [1.29, 1.82) is 0 Å². The number of nitrogens with zero attached hydrogens (tertiary/aromatic N) is 3. The average Bonchev–Trinajstić information content (AvgIpc) is 2.90. The van der Waals surface area contributed by atoms with Crippen molar-refractivity contribution in [2.24, 2.45) is 0 Å². The fourth-order valence-electron chi connectivity index (χ4n) is 4.58. The van der Waals surface area contributed by atoms with E-state index in [9.17, 15) is 9.59 Å². The molecule has 1 atom stereocenters. The molecule has 2 aliphatic rings. The molecule has 8 nitrogen and oxygen atoms in total. The number of ether oxygens (including phenoxy) is 3. The predicted molar refractivity (Wildman–Crippen MR) is 136 cm³/mol. The quantitative estimate of drug-likeness (QED) is 0.510. The van der Waals surface area contributed by atoms with Gasteiger partial charge >= 0.3 is 0 Å². The second kappa shape index (κ2) is 12.5. The number of rotatable bonds is 9. The third-order valence-corrected chi connectivity index (χ3v) is 7.10. The molecule has 194 valence electrons. The minimum absolute atomic E-state index is 0.0128. The van der Waals surface area contributed by atoms with Crippen LogP contribution in [0.4, 0.5) is 0 Å². The summed E-state index contributed by atoms with van der Waals surface area (Å²) in [6.45, 7) is 5.42.